The van der Waals surface area contributed by atoms with E-state index in [-0.39, 0.29) is 0 Å². The second-order valence-electron chi connectivity index (χ2n) is 5.82. The van der Waals surface area contributed by atoms with Crippen LogP contribution in [-0.4, -0.2) is 32.8 Å². The zero-order valence-electron chi connectivity index (χ0n) is 13.2. The van der Waals surface area contributed by atoms with Gasteiger partial charge in [0.25, 0.3) is 0 Å². The summed E-state index contributed by atoms with van der Waals surface area (Å²) in [6, 6.07) is 6.54. The number of hydrogen-bond donors (Lipinski definition) is 1. The summed E-state index contributed by atoms with van der Waals surface area (Å²) < 4.78 is 7.01. The maximum absolute atomic E-state index is 5.87. The molecule has 2 rings (SSSR count). The van der Waals surface area contributed by atoms with Gasteiger partial charge in [-0.1, -0.05) is 22.9 Å². The summed E-state index contributed by atoms with van der Waals surface area (Å²) >= 11 is 3.58. The standard InChI is InChI=1S/C17H27BrN2O/c1-3-9-19-12-14-11-15(18)7-8-17(14)20(2)13-16-6-4-5-10-21-16/h7-8,11,16,19H,3-6,9-10,12-13H2,1-2H3. The Hall–Kier alpha value is -0.580. The van der Waals surface area contributed by atoms with Gasteiger partial charge in [-0.05, 0) is 56.0 Å². The molecule has 1 aliphatic rings. The van der Waals surface area contributed by atoms with E-state index >= 15 is 0 Å². The molecule has 0 spiro atoms. The Balaban J connectivity index is 2.01. The lowest BCUT2D eigenvalue weighted by Gasteiger charge is -2.30. The Morgan fingerprint density at radius 3 is 2.95 bits per heavy atom. The summed E-state index contributed by atoms with van der Waals surface area (Å²) in [5.74, 6) is 0. The van der Waals surface area contributed by atoms with E-state index in [0.717, 1.165) is 37.1 Å². The fourth-order valence-corrected chi connectivity index (χ4v) is 3.23. The first-order valence-corrected chi connectivity index (χ1v) is 8.82. The van der Waals surface area contributed by atoms with Crippen LogP contribution < -0.4 is 10.2 Å². The summed E-state index contributed by atoms with van der Waals surface area (Å²) in [4.78, 5) is 2.34. The maximum Gasteiger partial charge on any atom is 0.0749 e. The molecule has 0 radical (unpaired) electrons. The third kappa shape index (κ3) is 5.28. The Morgan fingerprint density at radius 2 is 2.24 bits per heavy atom. The van der Waals surface area contributed by atoms with E-state index < -0.39 is 0 Å². The summed E-state index contributed by atoms with van der Waals surface area (Å²) in [5.41, 5.74) is 2.65. The van der Waals surface area contributed by atoms with E-state index in [0.29, 0.717) is 6.10 Å². The smallest absolute Gasteiger partial charge is 0.0749 e. The van der Waals surface area contributed by atoms with Gasteiger partial charge in [-0.25, -0.2) is 0 Å². The van der Waals surface area contributed by atoms with Gasteiger partial charge in [-0.15, -0.1) is 0 Å². The lowest BCUT2D eigenvalue weighted by molar-refractivity contribution is 0.0216. The Labute approximate surface area is 137 Å². The fraction of sp³-hybridized carbons (Fsp3) is 0.647. The van der Waals surface area contributed by atoms with Crippen molar-refractivity contribution in [2.75, 3.05) is 31.6 Å². The fourth-order valence-electron chi connectivity index (χ4n) is 2.82. The highest BCUT2D eigenvalue weighted by Gasteiger charge is 2.17. The summed E-state index contributed by atoms with van der Waals surface area (Å²) in [6.07, 6.45) is 5.23. The van der Waals surface area contributed by atoms with Crippen LogP contribution in [0.2, 0.25) is 0 Å². The molecule has 1 fully saturated rings. The minimum atomic E-state index is 0.379. The molecule has 1 aliphatic heterocycles. The van der Waals surface area contributed by atoms with Gasteiger partial charge in [0.15, 0.2) is 0 Å². The third-order valence-corrected chi connectivity index (χ3v) is 4.44. The number of rotatable bonds is 7. The molecule has 1 aromatic carbocycles. The van der Waals surface area contributed by atoms with E-state index in [1.807, 2.05) is 0 Å². The zero-order chi connectivity index (χ0) is 15.1. The molecule has 0 aliphatic carbocycles. The molecule has 1 unspecified atom stereocenters. The molecule has 1 N–H and O–H groups in total. The van der Waals surface area contributed by atoms with Crippen LogP contribution in [0.5, 0.6) is 0 Å². The molecule has 21 heavy (non-hydrogen) atoms. The molecule has 0 aromatic heterocycles. The molecule has 3 nitrogen and oxygen atoms in total. The van der Waals surface area contributed by atoms with E-state index in [1.165, 1.54) is 30.5 Å². The van der Waals surface area contributed by atoms with Gasteiger partial charge in [-0.3, -0.25) is 0 Å². The number of benzene rings is 1. The van der Waals surface area contributed by atoms with Gasteiger partial charge >= 0.3 is 0 Å². The van der Waals surface area contributed by atoms with Crippen LogP contribution in [0.15, 0.2) is 22.7 Å². The molecule has 1 heterocycles. The van der Waals surface area contributed by atoms with Crippen LogP contribution in [-0.2, 0) is 11.3 Å². The molecule has 0 saturated carbocycles. The molecule has 0 amide bonds. The van der Waals surface area contributed by atoms with Gasteiger partial charge in [-0.2, -0.15) is 0 Å². The highest BCUT2D eigenvalue weighted by molar-refractivity contribution is 9.10. The van der Waals surface area contributed by atoms with Crippen molar-refractivity contribution in [3.8, 4) is 0 Å². The van der Waals surface area contributed by atoms with Crippen molar-refractivity contribution in [2.45, 2.75) is 45.3 Å². The molecule has 4 heteroatoms. The minimum Gasteiger partial charge on any atom is -0.376 e. The number of nitrogens with zero attached hydrogens (tertiary/aromatic N) is 1. The number of anilines is 1. The number of hydrogen-bond acceptors (Lipinski definition) is 3. The Morgan fingerprint density at radius 1 is 1.38 bits per heavy atom. The second kappa shape index (κ2) is 8.76. The molecule has 118 valence electrons. The average molecular weight is 355 g/mol. The molecular formula is C17H27BrN2O. The van der Waals surface area contributed by atoms with Crippen LogP contribution in [0.1, 0.15) is 38.2 Å². The van der Waals surface area contributed by atoms with Crippen LogP contribution in [0.3, 0.4) is 0 Å². The van der Waals surface area contributed by atoms with Crippen molar-refractivity contribution < 1.29 is 4.74 Å². The molecule has 1 atom stereocenters. The Kier molecular flexibility index (Phi) is 7.00. The lowest BCUT2D eigenvalue weighted by atomic mass is 10.1. The summed E-state index contributed by atoms with van der Waals surface area (Å²) in [5, 5.41) is 3.50. The quantitative estimate of drug-likeness (QED) is 0.750. The molecular weight excluding hydrogens is 328 g/mol. The number of halogens is 1. The lowest BCUT2D eigenvalue weighted by Crippen LogP contribution is -2.34. The highest BCUT2D eigenvalue weighted by atomic mass is 79.9. The van der Waals surface area contributed by atoms with Gasteiger partial charge in [0, 0.05) is 36.9 Å². The molecule has 0 bridgehead atoms. The van der Waals surface area contributed by atoms with E-state index in [9.17, 15) is 0 Å². The Bertz CT molecular complexity index is 433. The topological polar surface area (TPSA) is 24.5 Å². The van der Waals surface area contributed by atoms with Crippen LogP contribution in [0.4, 0.5) is 5.69 Å². The number of likely N-dealkylation sites (N-methyl/N-ethyl adjacent to an activating group) is 1. The highest BCUT2D eigenvalue weighted by Crippen LogP contribution is 2.25. The van der Waals surface area contributed by atoms with E-state index in [1.54, 1.807) is 0 Å². The van der Waals surface area contributed by atoms with Crippen LogP contribution in [0, 0.1) is 0 Å². The normalized spacial score (nSPS) is 18.7. The van der Waals surface area contributed by atoms with Crippen molar-refractivity contribution in [1.29, 1.82) is 0 Å². The van der Waals surface area contributed by atoms with E-state index in [2.05, 4.69) is 58.3 Å². The van der Waals surface area contributed by atoms with Crippen molar-refractivity contribution in [2.24, 2.45) is 0 Å². The van der Waals surface area contributed by atoms with Crippen LogP contribution >= 0.6 is 15.9 Å². The monoisotopic (exact) mass is 354 g/mol. The SMILES string of the molecule is CCCNCc1cc(Br)ccc1N(C)CC1CCCCO1. The predicted molar refractivity (Wildman–Crippen MR) is 93.0 cm³/mol. The first kappa shape index (κ1) is 16.8. The molecule has 1 aromatic rings. The summed E-state index contributed by atoms with van der Waals surface area (Å²) in [7, 11) is 2.17. The first-order valence-electron chi connectivity index (χ1n) is 8.02. The zero-order valence-corrected chi connectivity index (χ0v) is 14.8. The largest absolute Gasteiger partial charge is 0.376 e. The van der Waals surface area contributed by atoms with Gasteiger partial charge in [0.2, 0.25) is 0 Å². The van der Waals surface area contributed by atoms with E-state index in [4.69, 9.17) is 4.74 Å². The van der Waals surface area contributed by atoms with Crippen molar-refractivity contribution in [3.05, 3.63) is 28.2 Å². The first-order chi connectivity index (χ1) is 10.2. The number of nitrogens with one attached hydrogen (secondary N) is 1. The number of ether oxygens (including phenoxy) is 1. The average Bonchev–Trinajstić information content (AvgIpc) is 2.48. The third-order valence-electron chi connectivity index (χ3n) is 3.95. The minimum absolute atomic E-state index is 0.379. The van der Waals surface area contributed by atoms with Crippen molar-refractivity contribution in [3.63, 3.8) is 0 Å². The van der Waals surface area contributed by atoms with Crippen LogP contribution in [0.25, 0.3) is 0 Å². The molecule has 1 saturated heterocycles. The van der Waals surface area contributed by atoms with Gasteiger partial charge < -0.3 is 15.0 Å². The van der Waals surface area contributed by atoms with Gasteiger partial charge in [0.1, 0.15) is 0 Å². The maximum atomic E-state index is 5.87. The van der Waals surface area contributed by atoms with Gasteiger partial charge in [0.05, 0.1) is 6.10 Å². The van der Waals surface area contributed by atoms with Crippen molar-refractivity contribution in [1.82, 2.24) is 5.32 Å². The van der Waals surface area contributed by atoms with Crippen molar-refractivity contribution >= 4 is 21.6 Å². The predicted octanol–water partition coefficient (Wildman–Crippen LogP) is 3.95. The second-order valence-corrected chi connectivity index (χ2v) is 6.73. The summed E-state index contributed by atoms with van der Waals surface area (Å²) in [6.45, 7) is 6.06.